The van der Waals surface area contributed by atoms with Gasteiger partial charge in [-0.3, -0.25) is 0 Å². The maximum absolute atomic E-state index is 10.1. The normalized spacial score (nSPS) is 40.5. The van der Waals surface area contributed by atoms with Crippen LogP contribution in [-0.4, -0.2) is 11.2 Å². The number of hydrogen-bond acceptors (Lipinski definition) is 1. The Morgan fingerprint density at radius 2 is 1.91 bits per heavy atom. The van der Waals surface area contributed by atoms with Crippen molar-refractivity contribution in [1.82, 2.24) is 0 Å². The molecule has 2 fully saturated rings. The van der Waals surface area contributed by atoms with Gasteiger partial charge in [-0.25, -0.2) is 0 Å². The van der Waals surface area contributed by atoms with Gasteiger partial charge < -0.3 is 5.11 Å². The first-order valence-electron chi connectivity index (χ1n) is 9.27. The molecule has 0 heterocycles. The predicted molar refractivity (Wildman–Crippen MR) is 91.2 cm³/mol. The zero-order chi connectivity index (χ0) is 15.5. The van der Waals surface area contributed by atoms with Crippen LogP contribution in [0.2, 0.25) is 0 Å². The molecule has 0 bridgehead atoms. The lowest BCUT2D eigenvalue weighted by Crippen LogP contribution is -2.48. The van der Waals surface area contributed by atoms with Gasteiger partial charge in [-0.2, -0.15) is 0 Å². The summed E-state index contributed by atoms with van der Waals surface area (Å²) in [6, 6.07) is 4.78. The van der Waals surface area contributed by atoms with E-state index in [1.54, 1.807) is 16.7 Å². The molecule has 3 aliphatic rings. The van der Waals surface area contributed by atoms with Crippen LogP contribution in [0.25, 0.3) is 0 Å². The highest BCUT2D eigenvalue weighted by molar-refractivity contribution is 5.44. The Hall–Kier alpha value is -0.820. The molecule has 1 aromatic rings. The first-order valence-corrected chi connectivity index (χ1v) is 9.27. The molecule has 22 heavy (non-hydrogen) atoms. The summed E-state index contributed by atoms with van der Waals surface area (Å²) in [7, 11) is 0. The van der Waals surface area contributed by atoms with Gasteiger partial charge >= 0.3 is 0 Å². The van der Waals surface area contributed by atoms with E-state index in [1.807, 2.05) is 0 Å². The fourth-order valence-corrected chi connectivity index (χ4v) is 6.15. The van der Waals surface area contributed by atoms with Gasteiger partial charge in [0.05, 0.1) is 6.10 Å². The summed E-state index contributed by atoms with van der Waals surface area (Å²) in [6.07, 6.45) is 8.58. The van der Waals surface area contributed by atoms with Crippen molar-refractivity contribution < 1.29 is 5.11 Å². The lowest BCUT2D eigenvalue weighted by molar-refractivity contribution is -0.0606. The highest BCUT2D eigenvalue weighted by Crippen LogP contribution is 2.60. The lowest BCUT2D eigenvalue weighted by atomic mass is 9.49. The van der Waals surface area contributed by atoms with Crippen molar-refractivity contribution in [3.63, 3.8) is 0 Å². The van der Waals surface area contributed by atoms with E-state index in [0.717, 1.165) is 30.6 Å². The topological polar surface area (TPSA) is 20.2 Å². The van der Waals surface area contributed by atoms with Crippen LogP contribution in [-0.2, 0) is 6.42 Å². The highest BCUT2D eigenvalue weighted by atomic mass is 16.3. The highest BCUT2D eigenvalue weighted by Gasteiger charge is 2.51. The summed E-state index contributed by atoms with van der Waals surface area (Å²) in [5.74, 6) is 2.37. The van der Waals surface area contributed by atoms with E-state index < -0.39 is 0 Å². The molecule has 0 unspecified atom stereocenters. The van der Waals surface area contributed by atoms with Crippen LogP contribution in [0.4, 0.5) is 0 Å². The summed E-state index contributed by atoms with van der Waals surface area (Å²) >= 11 is 0. The molecule has 0 amide bonds. The third-order valence-corrected chi connectivity index (χ3v) is 7.67. The van der Waals surface area contributed by atoms with E-state index >= 15 is 0 Å². The molecular weight excluding hydrogens is 268 g/mol. The number of aliphatic hydroxyl groups excluding tert-OH is 1. The molecule has 4 rings (SSSR count). The maximum atomic E-state index is 10.1. The average Bonchev–Trinajstić information content (AvgIpc) is 2.51. The van der Waals surface area contributed by atoms with Crippen LogP contribution >= 0.6 is 0 Å². The van der Waals surface area contributed by atoms with Crippen molar-refractivity contribution in [3.8, 4) is 0 Å². The Morgan fingerprint density at radius 1 is 1.09 bits per heavy atom. The molecule has 5 atom stereocenters. The van der Waals surface area contributed by atoms with Gasteiger partial charge in [0.25, 0.3) is 0 Å². The third-order valence-electron chi connectivity index (χ3n) is 7.67. The van der Waals surface area contributed by atoms with E-state index in [1.165, 1.54) is 37.7 Å². The summed E-state index contributed by atoms with van der Waals surface area (Å²) in [4.78, 5) is 0. The van der Waals surface area contributed by atoms with Gasteiger partial charge in [0.15, 0.2) is 0 Å². The number of rotatable bonds is 0. The zero-order valence-electron chi connectivity index (χ0n) is 14.4. The van der Waals surface area contributed by atoms with Crippen LogP contribution in [0.1, 0.15) is 73.6 Å². The second kappa shape index (κ2) is 5.09. The maximum Gasteiger partial charge on any atom is 0.0543 e. The van der Waals surface area contributed by atoms with Crippen LogP contribution in [0.5, 0.6) is 0 Å². The van der Waals surface area contributed by atoms with Gasteiger partial charge in [-0.1, -0.05) is 19.1 Å². The Morgan fingerprint density at radius 3 is 2.73 bits per heavy atom. The van der Waals surface area contributed by atoms with Crippen molar-refractivity contribution >= 4 is 0 Å². The molecule has 1 nitrogen and oxygen atoms in total. The van der Waals surface area contributed by atoms with Crippen molar-refractivity contribution in [2.24, 2.45) is 17.3 Å². The number of aliphatic hydroxyl groups is 1. The van der Waals surface area contributed by atoms with Gasteiger partial charge in [0.2, 0.25) is 0 Å². The molecular formula is C21H30O. The Labute approximate surface area is 135 Å². The fourth-order valence-electron chi connectivity index (χ4n) is 6.15. The minimum atomic E-state index is -0.0320. The van der Waals surface area contributed by atoms with E-state index in [2.05, 4.69) is 32.9 Å². The number of aryl methyl sites for hydroxylation is 1. The van der Waals surface area contributed by atoms with Gasteiger partial charge in [0, 0.05) is 0 Å². The van der Waals surface area contributed by atoms with Crippen LogP contribution in [0, 0.1) is 31.1 Å². The SMILES string of the molecule is Cc1ccc2c(c1C)CC[C@H]1[C@@H]2CC[C@H]2C[C@@H](O)CC[C@@]21C. The van der Waals surface area contributed by atoms with Gasteiger partial charge in [0.1, 0.15) is 0 Å². The third kappa shape index (κ3) is 2.01. The average molecular weight is 298 g/mol. The molecule has 0 spiro atoms. The van der Waals surface area contributed by atoms with Gasteiger partial charge in [-0.15, -0.1) is 0 Å². The van der Waals surface area contributed by atoms with E-state index in [4.69, 9.17) is 0 Å². The molecule has 1 heteroatoms. The first-order chi connectivity index (χ1) is 10.5. The van der Waals surface area contributed by atoms with Crippen molar-refractivity contribution in [1.29, 1.82) is 0 Å². The smallest absolute Gasteiger partial charge is 0.0543 e. The molecule has 1 aromatic carbocycles. The minimum absolute atomic E-state index is 0.0320. The molecule has 0 radical (unpaired) electrons. The second-order valence-corrected chi connectivity index (χ2v) is 8.54. The minimum Gasteiger partial charge on any atom is -0.393 e. The van der Waals surface area contributed by atoms with E-state index in [-0.39, 0.29) is 6.10 Å². The van der Waals surface area contributed by atoms with Crippen molar-refractivity contribution in [3.05, 3.63) is 34.4 Å². The molecule has 2 saturated carbocycles. The number of hydrogen-bond donors (Lipinski definition) is 1. The van der Waals surface area contributed by atoms with Crippen molar-refractivity contribution in [2.75, 3.05) is 0 Å². The predicted octanol–water partition coefficient (Wildman–Crippen LogP) is 4.91. The van der Waals surface area contributed by atoms with E-state index in [0.29, 0.717) is 5.41 Å². The molecule has 1 N–H and O–H groups in total. The lowest BCUT2D eigenvalue weighted by Gasteiger charge is -2.56. The first kappa shape index (κ1) is 14.8. The Kier molecular flexibility index (Phi) is 3.41. The molecule has 3 aliphatic carbocycles. The standard InChI is InChI=1S/C21H30O/c1-13-4-6-18-17(14(13)2)8-9-20-19(18)7-5-15-12-16(22)10-11-21(15,20)3/h4,6,15-16,19-20,22H,5,7-12H2,1-3H3/t15-,16-,19+,20-,21-/m0/s1. The summed E-state index contributed by atoms with van der Waals surface area (Å²) < 4.78 is 0. The zero-order valence-corrected chi connectivity index (χ0v) is 14.4. The largest absolute Gasteiger partial charge is 0.393 e. The summed E-state index contributed by atoms with van der Waals surface area (Å²) in [6.45, 7) is 7.12. The molecule has 0 aromatic heterocycles. The summed E-state index contributed by atoms with van der Waals surface area (Å²) in [5.41, 5.74) is 6.81. The van der Waals surface area contributed by atoms with Gasteiger partial charge in [-0.05, 0) is 104 Å². The molecule has 0 saturated heterocycles. The number of fused-ring (bicyclic) bond motifs is 5. The molecule has 120 valence electrons. The van der Waals surface area contributed by atoms with Crippen LogP contribution in [0.15, 0.2) is 12.1 Å². The quantitative estimate of drug-likeness (QED) is 0.721. The fraction of sp³-hybridized carbons (Fsp3) is 0.714. The monoisotopic (exact) mass is 298 g/mol. The summed E-state index contributed by atoms with van der Waals surface area (Å²) in [5, 5.41) is 10.1. The number of benzene rings is 1. The van der Waals surface area contributed by atoms with E-state index in [9.17, 15) is 5.11 Å². The van der Waals surface area contributed by atoms with Crippen LogP contribution < -0.4 is 0 Å². The Bertz CT molecular complexity index is 590. The Balaban J connectivity index is 1.72. The molecule has 0 aliphatic heterocycles. The van der Waals surface area contributed by atoms with Crippen molar-refractivity contribution in [2.45, 2.75) is 77.7 Å². The second-order valence-electron chi connectivity index (χ2n) is 8.54. The van der Waals surface area contributed by atoms with Crippen LogP contribution in [0.3, 0.4) is 0 Å².